The summed E-state index contributed by atoms with van der Waals surface area (Å²) in [4.78, 5) is 16.9. The van der Waals surface area contributed by atoms with Crippen molar-refractivity contribution in [2.24, 2.45) is 18.4 Å². The zero-order chi connectivity index (χ0) is 16.9. The first-order valence-electron chi connectivity index (χ1n) is 8.16. The Balaban J connectivity index is 2.71. The minimum Gasteiger partial charge on any atom is -0.352 e. The molecule has 1 unspecified atom stereocenters. The minimum absolute atomic E-state index is 0.0509. The number of nitrogens with zero attached hydrogens (tertiary/aromatic N) is 2. The molecule has 0 bridgehead atoms. The van der Waals surface area contributed by atoms with E-state index in [0.717, 1.165) is 12.2 Å². The lowest BCUT2D eigenvalue weighted by atomic mass is 9.87. The SMILES string of the molecule is CCC(C)[C@H](NCc1nccn1C)C(=O)N[C@H](C)C(C)(C)C. The van der Waals surface area contributed by atoms with E-state index in [9.17, 15) is 4.79 Å². The van der Waals surface area contributed by atoms with Crippen LogP contribution in [0.2, 0.25) is 0 Å². The summed E-state index contributed by atoms with van der Waals surface area (Å²) in [6.07, 6.45) is 4.64. The molecule has 1 aromatic rings. The van der Waals surface area contributed by atoms with Crippen molar-refractivity contribution in [3.8, 4) is 0 Å². The third kappa shape index (κ3) is 5.13. The molecule has 126 valence electrons. The van der Waals surface area contributed by atoms with E-state index in [1.54, 1.807) is 6.20 Å². The van der Waals surface area contributed by atoms with Gasteiger partial charge >= 0.3 is 0 Å². The van der Waals surface area contributed by atoms with Gasteiger partial charge in [-0.15, -0.1) is 0 Å². The van der Waals surface area contributed by atoms with Crippen molar-refractivity contribution in [2.75, 3.05) is 0 Å². The van der Waals surface area contributed by atoms with Gasteiger partial charge in [0.25, 0.3) is 0 Å². The second-order valence-electron chi connectivity index (χ2n) is 7.29. The van der Waals surface area contributed by atoms with E-state index in [2.05, 4.69) is 57.2 Å². The summed E-state index contributed by atoms with van der Waals surface area (Å²) >= 11 is 0. The molecule has 0 saturated carbocycles. The first kappa shape index (κ1) is 18.7. The maximum atomic E-state index is 12.6. The Labute approximate surface area is 134 Å². The highest BCUT2D eigenvalue weighted by molar-refractivity contribution is 5.82. The Hall–Kier alpha value is -1.36. The van der Waals surface area contributed by atoms with Crippen molar-refractivity contribution in [3.05, 3.63) is 18.2 Å². The lowest BCUT2D eigenvalue weighted by Crippen LogP contribution is -2.52. The molecule has 0 radical (unpaired) electrons. The summed E-state index contributed by atoms with van der Waals surface area (Å²) in [7, 11) is 1.96. The molecule has 5 nitrogen and oxygen atoms in total. The molecule has 0 saturated heterocycles. The number of rotatable bonds is 7. The Morgan fingerprint density at radius 3 is 2.45 bits per heavy atom. The molecule has 2 N–H and O–H groups in total. The molecule has 0 spiro atoms. The molecule has 1 rings (SSSR count). The van der Waals surface area contributed by atoms with Gasteiger partial charge in [0.05, 0.1) is 12.6 Å². The normalized spacial score (nSPS) is 16.1. The van der Waals surface area contributed by atoms with Crippen LogP contribution in [-0.2, 0) is 18.4 Å². The molecule has 0 aliphatic heterocycles. The maximum Gasteiger partial charge on any atom is 0.237 e. The van der Waals surface area contributed by atoms with E-state index in [1.165, 1.54) is 0 Å². The van der Waals surface area contributed by atoms with Crippen molar-refractivity contribution in [1.82, 2.24) is 20.2 Å². The monoisotopic (exact) mass is 308 g/mol. The average molecular weight is 308 g/mol. The van der Waals surface area contributed by atoms with Crippen LogP contribution in [0.15, 0.2) is 12.4 Å². The molecule has 5 heteroatoms. The maximum absolute atomic E-state index is 12.6. The van der Waals surface area contributed by atoms with Gasteiger partial charge in [-0.05, 0) is 18.3 Å². The van der Waals surface area contributed by atoms with Crippen molar-refractivity contribution in [1.29, 1.82) is 0 Å². The van der Waals surface area contributed by atoms with Gasteiger partial charge in [-0.25, -0.2) is 4.98 Å². The second kappa shape index (κ2) is 7.77. The van der Waals surface area contributed by atoms with E-state index in [0.29, 0.717) is 6.54 Å². The Morgan fingerprint density at radius 2 is 2.00 bits per heavy atom. The van der Waals surface area contributed by atoms with Crippen LogP contribution in [0.5, 0.6) is 0 Å². The zero-order valence-electron chi connectivity index (χ0n) is 15.1. The molecule has 0 aliphatic rings. The molecule has 1 amide bonds. The number of amides is 1. The van der Waals surface area contributed by atoms with Gasteiger partial charge in [0.1, 0.15) is 5.82 Å². The summed E-state index contributed by atoms with van der Waals surface area (Å²) in [5, 5.41) is 6.53. The fourth-order valence-corrected chi connectivity index (χ4v) is 2.08. The molecule has 1 heterocycles. The summed E-state index contributed by atoms with van der Waals surface area (Å²) in [5.41, 5.74) is 0.0509. The van der Waals surface area contributed by atoms with E-state index in [1.807, 2.05) is 17.8 Å². The van der Waals surface area contributed by atoms with Crippen molar-refractivity contribution in [3.63, 3.8) is 0 Å². The van der Waals surface area contributed by atoms with Crippen LogP contribution < -0.4 is 10.6 Å². The summed E-state index contributed by atoms with van der Waals surface area (Å²) < 4.78 is 1.97. The summed E-state index contributed by atoms with van der Waals surface area (Å²) in [6.45, 7) is 13.3. The first-order valence-corrected chi connectivity index (χ1v) is 8.16. The highest BCUT2D eigenvalue weighted by Gasteiger charge is 2.28. The highest BCUT2D eigenvalue weighted by Crippen LogP contribution is 2.19. The van der Waals surface area contributed by atoms with Crippen molar-refractivity contribution >= 4 is 5.91 Å². The number of hydrogen-bond donors (Lipinski definition) is 2. The molecular formula is C17H32N4O. The average Bonchev–Trinajstić information content (AvgIpc) is 2.83. The number of aryl methyl sites for hydroxylation is 1. The lowest BCUT2D eigenvalue weighted by Gasteiger charge is -2.31. The van der Waals surface area contributed by atoms with Gasteiger partial charge < -0.3 is 9.88 Å². The second-order valence-corrected chi connectivity index (χ2v) is 7.29. The molecule has 0 fully saturated rings. The van der Waals surface area contributed by atoms with Gasteiger partial charge in [0.2, 0.25) is 5.91 Å². The van der Waals surface area contributed by atoms with E-state index in [-0.39, 0.29) is 29.3 Å². The van der Waals surface area contributed by atoms with Gasteiger partial charge in [-0.2, -0.15) is 0 Å². The molecule has 0 aliphatic carbocycles. The standard InChI is InChI=1S/C17H32N4O/c1-8-12(2)15(16(22)20-13(3)17(4,5)6)19-11-14-18-9-10-21(14)7/h9-10,12-13,15,19H,8,11H2,1-7H3,(H,20,22)/t12?,13-,15+/m1/s1. The van der Waals surface area contributed by atoms with Crippen LogP contribution in [0.25, 0.3) is 0 Å². The van der Waals surface area contributed by atoms with Crippen molar-refractivity contribution < 1.29 is 4.79 Å². The van der Waals surface area contributed by atoms with Gasteiger partial charge in [0, 0.05) is 25.5 Å². The fourth-order valence-electron chi connectivity index (χ4n) is 2.08. The zero-order valence-corrected chi connectivity index (χ0v) is 15.1. The Bertz CT molecular complexity index is 475. The number of imidazole rings is 1. The summed E-state index contributed by atoms with van der Waals surface area (Å²) in [6, 6.07) is -0.0759. The van der Waals surface area contributed by atoms with Gasteiger partial charge in [-0.3, -0.25) is 10.1 Å². The topological polar surface area (TPSA) is 59.0 Å². The molecular weight excluding hydrogens is 276 g/mol. The predicted molar refractivity (Wildman–Crippen MR) is 90.4 cm³/mol. The number of aromatic nitrogens is 2. The van der Waals surface area contributed by atoms with Crippen LogP contribution in [0.1, 0.15) is 53.8 Å². The third-order valence-corrected chi connectivity index (χ3v) is 4.55. The van der Waals surface area contributed by atoms with E-state index in [4.69, 9.17) is 0 Å². The molecule has 3 atom stereocenters. The van der Waals surface area contributed by atoms with Crippen LogP contribution in [0, 0.1) is 11.3 Å². The first-order chi connectivity index (χ1) is 10.2. The van der Waals surface area contributed by atoms with Crippen LogP contribution in [0.4, 0.5) is 0 Å². The predicted octanol–water partition coefficient (Wildman–Crippen LogP) is 2.48. The number of hydrogen-bond acceptors (Lipinski definition) is 3. The fraction of sp³-hybridized carbons (Fsp3) is 0.765. The smallest absolute Gasteiger partial charge is 0.237 e. The third-order valence-electron chi connectivity index (χ3n) is 4.55. The highest BCUT2D eigenvalue weighted by atomic mass is 16.2. The Kier molecular flexibility index (Phi) is 6.60. The van der Waals surface area contributed by atoms with Crippen LogP contribution in [-0.4, -0.2) is 27.5 Å². The number of carbonyl (C=O) groups excluding carboxylic acids is 1. The largest absolute Gasteiger partial charge is 0.352 e. The molecule has 0 aromatic carbocycles. The van der Waals surface area contributed by atoms with E-state index < -0.39 is 0 Å². The van der Waals surface area contributed by atoms with Crippen molar-refractivity contribution in [2.45, 2.75) is 66.6 Å². The molecule has 22 heavy (non-hydrogen) atoms. The quantitative estimate of drug-likeness (QED) is 0.813. The van der Waals surface area contributed by atoms with Gasteiger partial charge in [-0.1, -0.05) is 41.0 Å². The number of carbonyl (C=O) groups is 1. The number of nitrogens with one attached hydrogen (secondary N) is 2. The van der Waals surface area contributed by atoms with Crippen LogP contribution in [0.3, 0.4) is 0 Å². The molecule has 1 aromatic heterocycles. The minimum atomic E-state index is -0.202. The van der Waals surface area contributed by atoms with Crippen LogP contribution >= 0.6 is 0 Å². The van der Waals surface area contributed by atoms with Gasteiger partial charge in [0.15, 0.2) is 0 Å². The van der Waals surface area contributed by atoms with E-state index >= 15 is 0 Å². The Morgan fingerprint density at radius 1 is 1.36 bits per heavy atom. The lowest BCUT2D eigenvalue weighted by molar-refractivity contribution is -0.125. The summed E-state index contributed by atoms with van der Waals surface area (Å²) in [5.74, 6) is 1.28.